The van der Waals surface area contributed by atoms with Gasteiger partial charge in [-0.3, -0.25) is 4.79 Å². The van der Waals surface area contributed by atoms with Crippen LogP contribution in [-0.4, -0.2) is 22.8 Å². The molecule has 4 heteroatoms. The van der Waals surface area contributed by atoms with Gasteiger partial charge in [-0.15, -0.1) is 0 Å². The highest BCUT2D eigenvalue weighted by Gasteiger charge is 2.23. The van der Waals surface area contributed by atoms with Crippen LogP contribution in [0.5, 0.6) is 0 Å². The number of nitrogens with zero attached hydrogens (tertiary/aromatic N) is 1. The van der Waals surface area contributed by atoms with Gasteiger partial charge in [0.05, 0.1) is 28.9 Å². The molecule has 0 amide bonds. The quantitative estimate of drug-likeness (QED) is 0.389. The van der Waals surface area contributed by atoms with Gasteiger partial charge in [0.2, 0.25) is 5.78 Å². The molecule has 0 spiro atoms. The van der Waals surface area contributed by atoms with Gasteiger partial charge in [0.15, 0.2) is 0 Å². The fraction of sp³-hybridized carbons (Fsp3) is 0.130. The summed E-state index contributed by atoms with van der Waals surface area (Å²) in [7, 11) is 0. The lowest BCUT2D eigenvalue weighted by molar-refractivity contribution is 0.0529. The molecule has 0 fully saturated rings. The third kappa shape index (κ3) is 2.79. The van der Waals surface area contributed by atoms with E-state index in [9.17, 15) is 9.59 Å². The summed E-state index contributed by atoms with van der Waals surface area (Å²) in [6.07, 6.45) is 0. The van der Waals surface area contributed by atoms with E-state index in [0.717, 1.165) is 16.5 Å². The lowest BCUT2D eigenvalue weighted by Crippen LogP contribution is -2.06. The first kappa shape index (κ1) is 17.0. The molecule has 0 saturated carbocycles. The second-order valence-corrected chi connectivity index (χ2v) is 6.42. The maximum Gasteiger partial charge on any atom is 0.340 e. The molecule has 0 saturated heterocycles. The predicted molar refractivity (Wildman–Crippen MR) is 105 cm³/mol. The van der Waals surface area contributed by atoms with Crippen molar-refractivity contribution in [1.29, 1.82) is 0 Å². The zero-order valence-electron chi connectivity index (χ0n) is 15.2. The van der Waals surface area contributed by atoms with Crippen molar-refractivity contribution in [2.75, 3.05) is 6.61 Å². The number of carbonyl (C=O) groups is 2. The lowest BCUT2D eigenvalue weighted by Gasteiger charge is -2.10. The van der Waals surface area contributed by atoms with Crippen molar-refractivity contribution in [1.82, 2.24) is 4.40 Å². The molecule has 0 radical (unpaired) electrons. The molecule has 0 aliphatic heterocycles. The Morgan fingerprint density at radius 2 is 1.63 bits per heavy atom. The zero-order valence-corrected chi connectivity index (χ0v) is 15.2. The van der Waals surface area contributed by atoms with Crippen LogP contribution < -0.4 is 0 Å². The lowest BCUT2D eigenvalue weighted by atomic mass is 10.1. The van der Waals surface area contributed by atoms with Gasteiger partial charge in [-0.25, -0.2) is 4.79 Å². The highest BCUT2D eigenvalue weighted by molar-refractivity contribution is 6.12. The first-order valence-corrected chi connectivity index (χ1v) is 8.92. The monoisotopic (exact) mass is 357 g/mol. The van der Waals surface area contributed by atoms with Crippen LogP contribution in [0, 0.1) is 6.92 Å². The second kappa shape index (κ2) is 6.72. The Kier molecular flexibility index (Phi) is 4.24. The van der Waals surface area contributed by atoms with Crippen LogP contribution in [0.4, 0.5) is 0 Å². The number of ether oxygens (including phenoxy) is 1. The number of para-hydroxylation sites is 1. The number of esters is 1. The topological polar surface area (TPSA) is 47.8 Å². The Labute approximate surface area is 157 Å². The van der Waals surface area contributed by atoms with Crippen molar-refractivity contribution in [3.05, 3.63) is 89.1 Å². The Balaban J connectivity index is 2.07. The number of pyridine rings is 1. The van der Waals surface area contributed by atoms with Crippen LogP contribution >= 0.6 is 0 Å². The molecule has 4 rings (SSSR count). The number of benzene rings is 2. The van der Waals surface area contributed by atoms with E-state index >= 15 is 0 Å². The summed E-state index contributed by atoms with van der Waals surface area (Å²) in [6.45, 7) is 4.06. The van der Waals surface area contributed by atoms with E-state index in [4.69, 9.17) is 4.74 Å². The summed E-state index contributed by atoms with van der Waals surface area (Å²) in [6, 6.07) is 20.6. The minimum Gasteiger partial charge on any atom is -0.462 e. The van der Waals surface area contributed by atoms with Crippen molar-refractivity contribution in [3.63, 3.8) is 0 Å². The van der Waals surface area contributed by atoms with Gasteiger partial charge < -0.3 is 9.14 Å². The van der Waals surface area contributed by atoms with Gasteiger partial charge in [-0.05, 0) is 37.6 Å². The van der Waals surface area contributed by atoms with Gasteiger partial charge in [0.25, 0.3) is 0 Å². The molecule has 0 N–H and O–H groups in total. The Bertz CT molecular complexity index is 1170. The standard InChI is InChI=1S/C23H19NO3/c1-3-27-23(26)18-14-21(22(25)16-9-5-4-6-10-16)24-19-12-8-7-11-17(19)15(2)13-20(18)24/h4-14H,3H2,1-2H3. The molecule has 0 unspecified atom stereocenters. The first-order valence-electron chi connectivity index (χ1n) is 8.92. The average molecular weight is 357 g/mol. The van der Waals surface area contributed by atoms with Crippen LogP contribution in [-0.2, 0) is 4.74 Å². The van der Waals surface area contributed by atoms with E-state index < -0.39 is 5.97 Å². The smallest absolute Gasteiger partial charge is 0.340 e. The molecule has 27 heavy (non-hydrogen) atoms. The number of ketones is 1. The summed E-state index contributed by atoms with van der Waals surface area (Å²) >= 11 is 0. The molecule has 0 aliphatic rings. The number of rotatable bonds is 4. The molecule has 2 aromatic carbocycles. The number of fused-ring (bicyclic) bond motifs is 3. The Morgan fingerprint density at radius 1 is 0.926 bits per heavy atom. The summed E-state index contributed by atoms with van der Waals surface area (Å²) in [5, 5.41) is 1.04. The summed E-state index contributed by atoms with van der Waals surface area (Å²) in [5.41, 5.74) is 4.06. The maximum atomic E-state index is 13.2. The first-order chi connectivity index (χ1) is 13.1. The molecule has 2 heterocycles. The van der Waals surface area contributed by atoms with Crippen LogP contribution in [0.15, 0.2) is 66.7 Å². The van der Waals surface area contributed by atoms with Gasteiger partial charge in [0.1, 0.15) is 0 Å². The summed E-state index contributed by atoms with van der Waals surface area (Å²) in [5.74, 6) is -0.549. The molecule has 0 aliphatic carbocycles. The normalized spacial score (nSPS) is 11.0. The number of aryl methyl sites for hydroxylation is 1. The van der Waals surface area contributed by atoms with Crippen LogP contribution in [0.3, 0.4) is 0 Å². The van der Waals surface area contributed by atoms with E-state index in [-0.39, 0.29) is 12.4 Å². The third-order valence-corrected chi connectivity index (χ3v) is 4.73. The highest BCUT2D eigenvalue weighted by atomic mass is 16.5. The molecular weight excluding hydrogens is 338 g/mol. The Hall–Kier alpha value is -3.40. The van der Waals surface area contributed by atoms with Crippen molar-refractivity contribution >= 4 is 28.2 Å². The van der Waals surface area contributed by atoms with Crippen molar-refractivity contribution in [3.8, 4) is 0 Å². The van der Waals surface area contributed by atoms with Crippen molar-refractivity contribution in [2.45, 2.75) is 13.8 Å². The highest BCUT2D eigenvalue weighted by Crippen LogP contribution is 2.28. The average Bonchev–Trinajstić information content (AvgIpc) is 3.08. The molecule has 4 aromatic rings. The molecule has 0 atom stereocenters. The molecule has 4 nitrogen and oxygen atoms in total. The minimum atomic E-state index is -0.420. The van der Waals surface area contributed by atoms with E-state index in [2.05, 4.69) is 0 Å². The minimum absolute atomic E-state index is 0.129. The van der Waals surface area contributed by atoms with Crippen LogP contribution in [0.25, 0.3) is 16.4 Å². The SMILES string of the molecule is CCOC(=O)c1cc(C(=O)c2ccccc2)n2c1cc(C)c1ccccc12. The molecule has 0 bridgehead atoms. The molecule has 134 valence electrons. The number of hydrogen-bond acceptors (Lipinski definition) is 3. The number of hydrogen-bond donors (Lipinski definition) is 0. The second-order valence-electron chi connectivity index (χ2n) is 6.42. The van der Waals surface area contributed by atoms with E-state index in [0.29, 0.717) is 22.3 Å². The van der Waals surface area contributed by atoms with E-state index in [1.165, 1.54) is 0 Å². The predicted octanol–water partition coefficient (Wildman–Crippen LogP) is 4.81. The van der Waals surface area contributed by atoms with Gasteiger partial charge in [-0.2, -0.15) is 0 Å². The zero-order chi connectivity index (χ0) is 19.0. The van der Waals surface area contributed by atoms with E-state index in [1.807, 2.05) is 59.9 Å². The fourth-order valence-electron chi connectivity index (χ4n) is 3.49. The molecular formula is C23H19NO3. The summed E-state index contributed by atoms with van der Waals surface area (Å²) < 4.78 is 7.09. The number of carbonyl (C=O) groups excluding carboxylic acids is 2. The number of aromatic nitrogens is 1. The van der Waals surface area contributed by atoms with Crippen LogP contribution in [0.1, 0.15) is 38.9 Å². The van der Waals surface area contributed by atoms with Gasteiger partial charge in [-0.1, -0.05) is 48.5 Å². The fourth-order valence-corrected chi connectivity index (χ4v) is 3.49. The maximum absolute atomic E-state index is 13.2. The van der Waals surface area contributed by atoms with Crippen molar-refractivity contribution in [2.24, 2.45) is 0 Å². The van der Waals surface area contributed by atoms with E-state index in [1.54, 1.807) is 25.1 Å². The summed E-state index contributed by atoms with van der Waals surface area (Å²) in [4.78, 5) is 25.7. The third-order valence-electron chi connectivity index (χ3n) is 4.73. The van der Waals surface area contributed by atoms with Gasteiger partial charge in [0, 0.05) is 10.9 Å². The molecule has 2 aromatic heterocycles. The van der Waals surface area contributed by atoms with Crippen LogP contribution in [0.2, 0.25) is 0 Å². The largest absolute Gasteiger partial charge is 0.462 e. The Morgan fingerprint density at radius 3 is 2.37 bits per heavy atom. The van der Waals surface area contributed by atoms with Crippen molar-refractivity contribution < 1.29 is 14.3 Å². The van der Waals surface area contributed by atoms with Gasteiger partial charge >= 0.3 is 5.97 Å².